The standard InChI is InChI=1S/C26H49N5O12/c1-18-23(36)24(37)25(38)26(43-18)42-13-10-30-21(34)5-4-19(32)28-8-2-11-39-14-16-41-17-15-40-12-3-9-29-20(33)6-7-22(35)31-27/h18,23-26,36-38H,2-17,27H2,1H3,(H,28,32)(H,29,33)(H,30,34)(H,31,35)/t18-,23+,24+,25-,26-/m1/s1. The minimum Gasteiger partial charge on any atom is -0.388 e. The summed E-state index contributed by atoms with van der Waals surface area (Å²) in [5, 5.41) is 37.3. The summed E-state index contributed by atoms with van der Waals surface area (Å²) in [6.07, 6.45) is -4.45. The molecule has 0 radical (unpaired) electrons. The molecule has 0 saturated carbocycles. The van der Waals surface area contributed by atoms with E-state index in [-0.39, 0.29) is 62.5 Å². The van der Waals surface area contributed by atoms with Crippen molar-refractivity contribution in [1.29, 1.82) is 0 Å². The van der Waals surface area contributed by atoms with E-state index in [4.69, 9.17) is 29.5 Å². The number of aliphatic hydroxyl groups is 3. The second-order valence-electron chi connectivity index (χ2n) is 9.71. The topological polar surface area (TPSA) is 249 Å². The molecule has 0 unspecified atom stereocenters. The van der Waals surface area contributed by atoms with Crippen LogP contribution >= 0.6 is 0 Å². The second kappa shape index (κ2) is 23.9. The number of carbonyl (C=O) groups excluding carboxylic acids is 4. The normalized spacial score (nSPS) is 21.7. The predicted octanol–water partition coefficient (Wildman–Crippen LogP) is -3.44. The van der Waals surface area contributed by atoms with E-state index in [9.17, 15) is 34.5 Å². The lowest BCUT2D eigenvalue weighted by atomic mass is 10.0. The van der Waals surface area contributed by atoms with Crippen LogP contribution in [0.1, 0.15) is 45.4 Å². The molecule has 9 N–H and O–H groups in total. The van der Waals surface area contributed by atoms with E-state index in [1.165, 1.54) is 0 Å². The van der Waals surface area contributed by atoms with Crippen LogP contribution in [0.3, 0.4) is 0 Å². The quantitative estimate of drug-likeness (QED) is 0.0226. The molecule has 43 heavy (non-hydrogen) atoms. The number of aliphatic hydroxyl groups excluding tert-OH is 3. The average Bonchev–Trinajstić information content (AvgIpc) is 3.00. The lowest BCUT2D eigenvalue weighted by molar-refractivity contribution is -0.292. The molecule has 0 aliphatic carbocycles. The highest BCUT2D eigenvalue weighted by Gasteiger charge is 2.42. The SMILES string of the molecule is C[C@H]1O[C@@H](OCCNC(=O)CCC(=O)NCCCOCCOCCOCCCNC(=O)CCC(=O)NN)[C@H](O)[C@@H](O)[C@H]1O. The van der Waals surface area contributed by atoms with E-state index >= 15 is 0 Å². The number of hydrogen-bond acceptors (Lipinski definition) is 13. The zero-order valence-electron chi connectivity index (χ0n) is 24.8. The van der Waals surface area contributed by atoms with Crippen LogP contribution in [0.15, 0.2) is 0 Å². The summed E-state index contributed by atoms with van der Waals surface area (Å²) >= 11 is 0. The fourth-order valence-corrected chi connectivity index (χ4v) is 3.65. The molecule has 1 fully saturated rings. The molecule has 17 nitrogen and oxygen atoms in total. The van der Waals surface area contributed by atoms with Crippen LogP contribution in [0, 0.1) is 0 Å². The van der Waals surface area contributed by atoms with Crippen molar-refractivity contribution in [2.75, 3.05) is 65.9 Å². The Morgan fingerprint density at radius 3 is 1.56 bits per heavy atom. The van der Waals surface area contributed by atoms with Crippen molar-refractivity contribution in [3.8, 4) is 0 Å². The summed E-state index contributed by atoms with van der Waals surface area (Å²) in [5.41, 5.74) is 1.97. The summed E-state index contributed by atoms with van der Waals surface area (Å²) in [6.45, 7) is 5.08. The fourth-order valence-electron chi connectivity index (χ4n) is 3.65. The van der Waals surface area contributed by atoms with Gasteiger partial charge < -0.3 is 55.0 Å². The third-order valence-corrected chi connectivity index (χ3v) is 6.15. The molecule has 0 aromatic carbocycles. The highest BCUT2D eigenvalue weighted by molar-refractivity contribution is 5.84. The van der Waals surface area contributed by atoms with Gasteiger partial charge in [0.2, 0.25) is 23.6 Å². The first kappa shape index (κ1) is 38.5. The van der Waals surface area contributed by atoms with Crippen LogP contribution in [0.4, 0.5) is 0 Å². The first-order valence-electron chi connectivity index (χ1n) is 14.5. The zero-order valence-corrected chi connectivity index (χ0v) is 24.8. The van der Waals surface area contributed by atoms with Crippen LogP contribution in [-0.2, 0) is 42.9 Å². The Balaban J connectivity index is 1.85. The van der Waals surface area contributed by atoms with Gasteiger partial charge in [0.15, 0.2) is 6.29 Å². The van der Waals surface area contributed by atoms with Crippen LogP contribution in [0.25, 0.3) is 0 Å². The maximum absolute atomic E-state index is 11.9. The highest BCUT2D eigenvalue weighted by Crippen LogP contribution is 2.21. The van der Waals surface area contributed by atoms with Gasteiger partial charge in [0, 0.05) is 58.5 Å². The van der Waals surface area contributed by atoms with Gasteiger partial charge in [-0.05, 0) is 19.8 Å². The summed E-state index contributed by atoms with van der Waals surface area (Å²) in [5.74, 6) is 3.75. The Hall–Kier alpha value is -2.48. The molecule has 1 aliphatic heterocycles. The van der Waals surface area contributed by atoms with Crippen molar-refractivity contribution < 1.29 is 58.2 Å². The van der Waals surface area contributed by atoms with Gasteiger partial charge in [-0.1, -0.05) is 0 Å². The third-order valence-electron chi connectivity index (χ3n) is 6.15. The fraction of sp³-hybridized carbons (Fsp3) is 0.846. The van der Waals surface area contributed by atoms with Crippen molar-refractivity contribution in [2.45, 2.75) is 76.2 Å². The number of hydrogen-bond donors (Lipinski definition) is 8. The third kappa shape index (κ3) is 18.7. The van der Waals surface area contributed by atoms with Gasteiger partial charge in [-0.3, -0.25) is 24.6 Å². The molecule has 250 valence electrons. The molecule has 0 aromatic heterocycles. The van der Waals surface area contributed by atoms with Gasteiger partial charge in [0.25, 0.3) is 0 Å². The van der Waals surface area contributed by atoms with Gasteiger partial charge in [-0.15, -0.1) is 0 Å². The van der Waals surface area contributed by atoms with Crippen molar-refractivity contribution in [3.05, 3.63) is 0 Å². The van der Waals surface area contributed by atoms with Crippen molar-refractivity contribution in [3.63, 3.8) is 0 Å². The van der Waals surface area contributed by atoms with E-state index in [1.54, 1.807) is 6.92 Å². The molecule has 0 spiro atoms. The van der Waals surface area contributed by atoms with Gasteiger partial charge in [0.05, 0.1) is 39.1 Å². The number of rotatable bonds is 24. The lowest BCUT2D eigenvalue weighted by Crippen LogP contribution is -2.57. The molecule has 5 atom stereocenters. The maximum atomic E-state index is 11.9. The van der Waals surface area contributed by atoms with Crippen molar-refractivity contribution in [1.82, 2.24) is 21.4 Å². The van der Waals surface area contributed by atoms with Gasteiger partial charge in [0.1, 0.15) is 18.3 Å². The molecule has 1 aliphatic rings. The number of ether oxygens (including phenoxy) is 5. The Kier molecular flexibility index (Phi) is 21.4. The minimum atomic E-state index is -1.41. The molecular formula is C26H49N5O12. The number of carbonyl (C=O) groups is 4. The van der Waals surface area contributed by atoms with Crippen molar-refractivity contribution in [2.24, 2.45) is 5.84 Å². The highest BCUT2D eigenvalue weighted by atomic mass is 16.7. The van der Waals surface area contributed by atoms with Crippen LogP contribution in [-0.4, -0.2) is 136 Å². The van der Waals surface area contributed by atoms with E-state index in [1.807, 2.05) is 5.43 Å². The summed E-state index contributed by atoms with van der Waals surface area (Å²) in [6, 6.07) is 0. The number of amides is 4. The van der Waals surface area contributed by atoms with Crippen LogP contribution < -0.4 is 27.2 Å². The first-order chi connectivity index (χ1) is 20.6. The molecule has 0 bridgehead atoms. The van der Waals surface area contributed by atoms with Gasteiger partial charge >= 0.3 is 0 Å². The first-order valence-corrected chi connectivity index (χ1v) is 14.5. The summed E-state index contributed by atoms with van der Waals surface area (Å²) < 4.78 is 26.9. The molecule has 1 saturated heterocycles. The Morgan fingerprint density at radius 1 is 0.628 bits per heavy atom. The summed E-state index contributed by atoms with van der Waals surface area (Å²) in [7, 11) is 0. The summed E-state index contributed by atoms with van der Waals surface area (Å²) in [4.78, 5) is 46.3. The molecular weight excluding hydrogens is 574 g/mol. The Bertz CT molecular complexity index is 808. The zero-order chi connectivity index (χ0) is 31.9. The van der Waals surface area contributed by atoms with E-state index in [2.05, 4.69) is 16.0 Å². The second-order valence-corrected chi connectivity index (χ2v) is 9.71. The van der Waals surface area contributed by atoms with Crippen molar-refractivity contribution >= 4 is 23.6 Å². The van der Waals surface area contributed by atoms with Crippen LogP contribution in [0.5, 0.6) is 0 Å². The van der Waals surface area contributed by atoms with Crippen LogP contribution in [0.2, 0.25) is 0 Å². The molecule has 0 aromatic rings. The van der Waals surface area contributed by atoms with Gasteiger partial charge in [-0.2, -0.15) is 0 Å². The Labute approximate surface area is 251 Å². The molecule has 1 rings (SSSR count). The average molecular weight is 624 g/mol. The largest absolute Gasteiger partial charge is 0.388 e. The van der Waals surface area contributed by atoms with Gasteiger partial charge in [-0.25, -0.2) is 5.84 Å². The van der Waals surface area contributed by atoms with E-state index < -0.39 is 30.7 Å². The molecule has 4 amide bonds. The van der Waals surface area contributed by atoms with E-state index in [0.29, 0.717) is 65.6 Å². The predicted molar refractivity (Wildman–Crippen MR) is 150 cm³/mol. The Morgan fingerprint density at radius 2 is 1.07 bits per heavy atom. The smallest absolute Gasteiger partial charge is 0.234 e. The maximum Gasteiger partial charge on any atom is 0.234 e. The number of hydrazine groups is 1. The number of nitrogens with one attached hydrogen (secondary N) is 4. The lowest BCUT2D eigenvalue weighted by Gasteiger charge is -2.38. The number of nitrogens with two attached hydrogens (primary N) is 1. The molecule has 17 heteroatoms. The minimum absolute atomic E-state index is 0.00133. The van der Waals surface area contributed by atoms with E-state index in [0.717, 1.165) is 0 Å². The molecule has 1 heterocycles. The monoisotopic (exact) mass is 623 g/mol.